The highest BCUT2D eigenvalue weighted by Crippen LogP contribution is 2.42. The van der Waals surface area contributed by atoms with Crippen LogP contribution < -0.4 is 0 Å². The van der Waals surface area contributed by atoms with E-state index >= 15 is 0 Å². The van der Waals surface area contributed by atoms with Crippen LogP contribution in [0.4, 0.5) is 0 Å². The molecule has 4 heteroatoms. The molecule has 2 heterocycles. The van der Waals surface area contributed by atoms with E-state index in [4.69, 9.17) is 0 Å². The van der Waals surface area contributed by atoms with Gasteiger partial charge in [0.1, 0.15) is 0 Å². The third kappa shape index (κ3) is 3.11. The molecular weight excluding hydrogens is 488 g/mol. The molecule has 0 aliphatic carbocycles. The van der Waals surface area contributed by atoms with E-state index in [0.717, 1.165) is 22.5 Å². The Bertz CT molecular complexity index is 2290. The molecule has 0 fully saturated rings. The monoisotopic (exact) mass is 508 g/mol. The van der Waals surface area contributed by atoms with Gasteiger partial charge in [0.05, 0.1) is 39.8 Å². The molecule has 0 radical (unpaired) electrons. The number of rotatable bonds is 3. The summed E-state index contributed by atoms with van der Waals surface area (Å²) < 4.78 is 4.63. The predicted octanol–water partition coefficient (Wildman–Crippen LogP) is 8.73. The topological polar surface area (TPSA) is 57.4 Å². The lowest BCUT2D eigenvalue weighted by molar-refractivity contribution is 1.13. The molecule has 0 bridgehead atoms. The van der Waals surface area contributed by atoms with Gasteiger partial charge in [0, 0.05) is 39.1 Å². The van der Waals surface area contributed by atoms with Crippen molar-refractivity contribution in [3.8, 4) is 34.6 Å². The number of nitriles is 2. The Morgan fingerprint density at radius 2 is 1.30 bits per heavy atom. The number of fused-ring (bicyclic) bond motifs is 2. The summed E-state index contributed by atoms with van der Waals surface area (Å²) in [6.45, 7) is 0. The number of hydrogen-bond acceptors (Lipinski definition) is 2. The van der Waals surface area contributed by atoms with Crippen LogP contribution >= 0.6 is 0 Å². The number of nitrogens with zero attached hydrogens (tertiary/aromatic N) is 4. The van der Waals surface area contributed by atoms with Crippen molar-refractivity contribution in [2.45, 2.75) is 0 Å². The van der Waals surface area contributed by atoms with Gasteiger partial charge in [0.2, 0.25) is 0 Å². The largest absolute Gasteiger partial charge is 0.316 e. The third-order valence-electron chi connectivity index (χ3n) is 7.91. The minimum Gasteiger partial charge on any atom is -0.316 e. The van der Waals surface area contributed by atoms with Crippen molar-refractivity contribution in [2.75, 3.05) is 0 Å². The fraction of sp³-hybridized carbons (Fsp3) is 0. The second-order valence-corrected chi connectivity index (χ2v) is 10.1. The zero-order valence-electron chi connectivity index (χ0n) is 21.3. The Balaban J connectivity index is 1.38. The van der Waals surface area contributed by atoms with Crippen LogP contribution in [0.2, 0.25) is 0 Å². The number of benzene rings is 6. The van der Waals surface area contributed by atoms with E-state index in [1.54, 1.807) is 6.07 Å². The molecule has 0 aliphatic rings. The highest BCUT2D eigenvalue weighted by molar-refractivity contribution is 6.29. The summed E-state index contributed by atoms with van der Waals surface area (Å²) in [5, 5.41) is 25.0. The van der Waals surface area contributed by atoms with Gasteiger partial charge in [0.25, 0.3) is 0 Å². The summed E-state index contributed by atoms with van der Waals surface area (Å²) in [7, 11) is 0. The molecule has 184 valence electrons. The highest BCUT2D eigenvalue weighted by Gasteiger charge is 2.20. The van der Waals surface area contributed by atoms with Crippen LogP contribution in [0, 0.1) is 22.7 Å². The SMILES string of the molecule is N#Cc1cc(C#N)cc(-c2ccc(-n3c4cccc5ccc6c(c54)c3cc3ccn(-c4ccccc4)c36)cc2)c1. The zero-order valence-corrected chi connectivity index (χ0v) is 21.3. The summed E-state index contributed by atoms with van der Waals surface area (Å²) in [5.74, 6) is 0. The van der Waals surface area contributed by atoms with E-state index in [9.17, 15) is 10.5 Å². The fourth-order valence-corrected chi connectivity index (χ4v) is 6.19. The summed E-state index contributed by atoms with van der Waals surface area (Å²) in [6.07, 6.45) is 2.16. The molecule has 0 atom stereocenters. The van der Waals surface area contributed by atoms with Gasteiger partial charge in [-0.15, -0.1) is 0 Å². The van der Waals surface area contributed by atoms with Gasteiger partial charge in [-0.2, -0.15) is 10.5 Å². The highest BCUT2D eigenvalue weighted by atomic mass is 15.0. The summed E-state index contributed by atoms with van der Waals surface area (Å²) >= 11 is 0. The molecule has 4 nitrogen and oxygen atoms in total. The van der Waals surface area contributed by atoms with Gasteiger partial charge >= 0.3 is 0 Å². The lowest BCUT2D eigenvalue weighted by Gasteiger charge is -2.11. The summed E-state index contributed by atoms with van der Waals surface area (Å²) in [4.78, 5) is 0. The second-order valence-electron chi connectivity index (χ2n) is 10.1. The molecule has 0 N–H and O–H groups in total. The molecule has 8 rings (SSSR count). The van der Waals surface area contributed by atoms with Crippen LogP contribution in [-0.4, -0.2) is 9.13 Å². The first kappa shape index (κ1) is 22.2. The average Bonchev–Trinajstić information content (AvgIpc) is 3.60. The van der Waals surface area contributed by atoms with Crippen molar-refractivity contribution in [3.05, 3.63) is 133 Å². The smallest absolute Gasteiger partial charge is 0.0992 e. The third-order valence-corrected chi connectivity index (χ3v) is 7.91. The van der Waals surface area contributed by atoms with Crippen molar-refractivity contribution >= 4 is 43.5 Å². The van der Waals surface area contributed by atoms with Crippen LogP contribution in [0.5, 0.6) is 0 Å². The van der Waals surface area contributed by atoms with Crippen molar-refractivity contribution in [1.82, 2.24) is 9.13 Å². The first-order valence-electron chi connectivity index (χ1n) is 13.1. The fourth-order valence-electron chi connectivity index (χ4n) is 6.19. The molecule has 8 aromatic rings. The quantitative estimate of drug-likeness (QED) is 0.224. The van der Waals surface area contributed by atoms with Crippen molar-refractivity contribution in [1.29, 1.82) is 10.5 Å². The zero-order chi connectivity index (χ0) is 26.8. The molecule has 0 saturated carbocycles. The average molecular weight is 509 g/mol. The van der Waals surface area contributed by atoms with Crippen LogP contribution in [-0.2, 0) is 0 Å². The molecule has 0 spiro atoms. The maximum Gasteiger partial charge on any atom is 0.0992 e. The van der Waals surface area contributed by atoms with Crippen molar-refractivity contribution < 1.29 is 0 Å². The first-order valence-corrected chi connectivity index (χ1v) is 13.1. The van der Waals surface area contributed by atoms with Crippen LogP contribution in [0.1, 0.15) is 11.1 Å². The lowest BCUT2D eigenvalue weighted by atomic mass is 10.00. The first-order chi connectivity index (χ1) is 19.7. The number of para-hydroxylation sites is 1. The maximum absolute atomic E-state index is 9.42. The molecule has 0 aliphatic heterocycles. The Morgan fingerprint density at radius 3 is 2.05 bits per heavy atom. The van der Waals surface area contributed by atoms with Gasteiger partial charge in [-0.3, -0.25) is 0 Å². The summed E-state index contributed by atoms with van der Waals surface area (Å²) in [5.41, 5.74) is 8.56. The van der Waals surface area contributed by atoms with Crippen LogP contribution in [0.15, 0.2) is 121 Å². The molecular formula is C36H20N4. The van der Waals surface area contributed by atoms with Crippen molar-refractivity contribution in [3.63, 3.8) is 0 Å². The normalized spacial score (nSPS) is 11.4. The predicted molar refractivity (Wildman–Crippen MR) is 161 cm³/mol. The Labute approximate surface area is 230 Å². The molecule has 40 heavy (non-hydrogen) atoms. The van der Waals surface area contributed by atoms with Gasteiger partial charge in [-0.1, -0.05) is 54.6 Å². The Hall–Kier alpha value is -5.84. The van der Waals surface area contributed by atoms with E-state index in [2.05, 4.69) is 118 Å². The maximum atomic E-state index is 9.42. The van der Waals surface area contributed by atoms with Gasteiger partial charge in [-0.05, 0) is 77.2 Å². The van der Waals surface area contributed by atoms with Gasteiger partial charge < -0.3 is 9.13 Å². The van der Waals surface area contributed by atoms with E-state index in [0.29, 0.717) is 11.1 Å². The van der Waals surface area contributed by atoms with Crippen LogP contribution in [0.25, 0.3) is 66.0 Å². The van der Waals surface area contributed by atoms with Gasteiger partial charge in [0.15, 0.2) is 0 Å². The van der Waals surface area contributed by atoms with E-state index < -0.39 is 0 Å². The standard InChI is InChI=1S/C36H20N4/c37-21-23-17-24(22-38)19-28(18-23)25-9-12-30(13-10-25)40-32-8-4-5-26-11-14-31-35(34(26)32)33(40)20-27-15-16-39(36(27)31)29-6-2-1-3-7-29/h1-20H. The minimum absolute atomic E-state index is 0.484. The van der Waals surface area contributed by atoms with Crippen molar-refractivity contribution in [2.24, 2.45) is 0 Å². The molecule has 0 unspecified atom stereocenters. The second kappa shape index (κ2) is 8.33. The summed E-state index contributed by atoms with van der Waals surface area (Å²) in [6, 6.07) is 44.0. The number of aromatic nitrogens is 2. The van der Waals surface area contributed by atoms with Gasteiger partial charge in [-0.25, -0.2) is 0 Å². The molecule has 0 saturated heterocycles. The minimum atomic E-state index is 0.484. The van der Waals surface area contributed by atoms with Crippen LogP contribution in [0.3, 0.4) is 0 Å². The Morgan fingerprint density at radius 1 is 0.525 bits per heavy atom. The number of hydrogen-bond donors (Lipinski definition) is 0. The van der Waals surface area contributed by atoms with E-state index in [1.165, 1.54) is 43.5 Å². The molecule has 6 aromatic carbocycles. The molecule has 0 amide bonds. The lowest BCUT2D eigenvalue weighted by Crippen LogP contribution is -1.95. The van der Waals surface area contributed by atoms with E-state index in [-0.39, 0.29) is 0 Å². The van der Waals surface area contributed by atoms with E-state index in [1.807, 2.05) is 18.2 Å². The molecule has 2 aromatic heterocycles. The Kier molecular flexibility index (Phi) is 4.62.